The number of ether oxygens (including phenoxy) is 2. The normalized spacial score (nSPS) is 10.8. The van der Waals surface area contributed by atoms with Crippen LogP contribution in [-0.2, 0) is 4.79 Å². The Labute approximate surface area is 162 Å². The molecule has 0 aliphatic carbocycles. The number of carbonyl (C=O) groups excluding carboxylic acids is 2. The number of hydrogen-bond acceptors (Lipinski definition) is 6. The monoisotopic (exact) mass is 377 g/mol. The Kier molecular flexibility index (Phi) is 5.64. The van der Waals surface area contributed by atoms with Gasteiger partial charge in [-0.05, 0) is 42.8 Å². The van der Waals surface area contributed by atoms with E-state index in [1.165, 1.54) is 20.2 Å². The van der Waals surface area contributed by atoms with Crippen molar-refractivity contribution < 1.29 is 19.1 Å². The summed E-state index contributed by atoms with van der Waals surface area (Å²) in [5.74, 6) is -0.0653. The van der Waals surface area contributed by atoms with Gasteiger partial charge in [-0.2, -0.15) is 5.10 Å². The minimum atomic E-state index is -0.438. The molecule has 0 unspecified atom stereocenters. The summed E-state index contributed by atoms with van der Waals surface area (Å²) in [6.07, 6.45) is 1.48. The van der Waals surface area contributed by atoms with E-state index in [0.717, 1.165) is 16.6 Å². The molecule has 3 aromatic rings. The number of amides is 1. The molecule has 0 radical (unpaired) electrons. The average molecular weight is 377 g/mol. The van der Waals surface area contributed by atoms with Gasteiger partial charge in [0.25, 0.3) is 5.91 Å². The Morgan fingerprint density at radius 3 is 2.64 bits per heavy atom. The lowest BCUT2D eigenvalue weighted by Crippen LogP contribution is -2.18. The third-order valence-corrected chi connectivity index (χ3v) is 3.91. The predicted molar refractivity (Wildman–Crippen MR) is 106 cm³/mol. The van der Waals surface area contributed by atoms with Crippen molar-refractivity contribution in [2.45, 2.75) is 13.8 Å². The van der Waals surface area contributed by atoms with Crippen LogP contribution in [0.1, 0.15) is 28.5 Å². The number of carbonyl (C=O) groups is 2. The van der Waals surface area contributed by atoms with Gasteiger partial charge in [0.05, 0.1) is 24.4 Å². The van der Waals surface area contributed by atoms with Gasteiger partial charge >= 0.3 is 5.97 Å². The fourth-order valence-electron chi connectivity index (χ4n) is 2.72. The van der Waals surface area contributed by atoms with E-state index < -0.39 is 5.97 Å². The molecule has 3 rings (SSSR count). The fraction of sp³-hybridized carbons (Fsp3) is 0.143. The summed E-state index contributed by atoms with van der Waals surface area (Å²) < 4.78 is 10.3. The highest BCUT2D eigenvalue weighted by molar-refractivity contribution is 6.06. The molecule has 0 spiro atoms. The number of nitrogens with one attached hydrogen (secondary N) is 1. The lowest BCUT2D eigenvalue weighted by atomic mass is 10.1. The van der Waals surface area contributed by atoms with E-state index in [-0.39, 0.29) is 5.91 Å². The lowest BCUT2D eigenvalue weighted by Gasteiger charge is -2.08. The number of benzene rings is 2. The second-order valence-electron chi connectivity index (χ2n) is 6.03. The standard InChI is InChI=1S/C21H19N3O4/c1-13-10-17(16-6-4-5-7-18(16)23-13)21(26)24-22-12-15-8-9-19(28-14(2)25)20(11-15)27-3/h4-12H,1-3H3,(H,24,26)/b22-12-. The number of esters is 1. The molecule has 0 saturated heterocycles. The molecule has 1 aromatic heterocycles. The van der Waals surface area contributed by atoms with Gasteiger partial charge in [0.15, 0.2) is 11.5 Å². The van der Waals surface area contributed by atoms with E-state index >= 15 is 0 Å². The first-order valence-corrected chi connectivity index (χ1v) is 8.54. The molecule has 0 aliphatic heterocycles. The molecule has 0 aliphatic rings. The zero-order valence-electron chi connectivity index (χ0n) is 15.7. The molecular weight excluding hydrogens is 358 g/mol. The minimum absolute atomic E-state index is 0.315. The molecule has 7 heteroatoms. The highest BCUT2D eigenvalue weighted by Crippen LogP contribution is 2.27. The van der Waals surface area contributed by atoms with Crippen LogP contribution in [0.5, 0.6) is 11.5 Å². The lowest BCUT2D eigenvalue weighted by molar-refractivity contribution is -0.132. The van der Waals surface area contributed by atoms with Gasteiger partial charge in [-0.25, -0.2) is 5.43 Å². The molecule has 2 aromatic carbocycles. The van der Waals surface area contributed by atoms with E-state index in [0.29, 0.717) is 22.6 Å². The maximum Gasteiger partial charge on any atom is 0.308 e. The van der Waals surface area contributed by atoms with Crippen molar-refractivity contribution in [1.82, 2.24) is 10.4 Å². The molecular formula is C21H19N3O4. The minimum Gasteiger partial charge on any atom is -0.493 e. The molecule has 0 saturated carbocycles. The van der Waals surface area contributed by atoms with Crippen molar-refractivity contribution in [2.75, 3.05) is 7.11 Å². The molecule has 7 nitrogen and oxygen atoms in total. The average Bonchev–Trinajstić information content (AvgIpc) is 2.67. The maximum absolute atomic E-state index is 12.6. The van der Waals surface area contributed by atoms with Crippen molar-refractivity contribution in [3.05, 3.63) is 65.4 Å². The van der Waals surface area contributed by atoms with Crippen LogP contribution < -0.4 is 14.9 Å². The Balaban J connectivity index is 1.78. The summed E-state index contributed by atoms with van der Waals surface area (Å²) >= 11 is 0. The van der Waals surface area contributed by atoms with E-state index in [4.69, 9.17) is 9.47 Å². The van der Waals surface area contributed by atoms with E-state index in [9.17, 15) is 9.59 Å². The molecule has 0 fully saturated rings. The van der Waals surface area contributed by atoms with Crippen LogP contribution in [0.3, 0.4) is 0 Å². The molecule has 1 heterocycles. The molecule has 1 amide bonds. The van der Waals surface area contributed by atoms with Crippen LogP contribution in [0.2, 0.25) is 0 Å². The number of hydrazone groups is 1. The number of methoxy groups -OCH3 is 1. The van der Waals surface area contributed by atoms with Crippen molar-refractivity contribution in [3.8, 4) is 11.5 Å². The number of aromatic nitrogens is 1. The third kappa shape index (κ3) is 4.32. The van der Waals surface area contributed by atoms with Crippen LogP contribution in [0.15, 0.2) is 53.6 Å². The quantitative estimate of drug-likeness (QED) is 0.319. The largest absolute Gasteiger partial charge is 0.493 e. The first kappa shape index (κ1) is 19.0. The van der Waals surface area contributed by atoms with Crippen molar-refractivity contribution in [3.63, 3.8) is 0 Å². The zero-order valence-corrected chi connectivity index (χ0v) is 15.7. The van der Waals surface area contributed by atoms with E-state index in [1.807, 2.05) is 31.2 Å². The number of para-hydroxylation sites is 1. The highest BCUT2D eigenvalue weighted by Gasteiger charge is 2.11. The van der Waals surface area contributed by atoms with Crippen LogP contribution in [-0.4, -0.2) is 30.2 Å². The van der Waals surface area contributed by atoms with Crippen LogP contribution >= 0.6 is 0 Å². The maximum atomic E-state index is 12.6. The van der Waals surface area contributed by atoms with E-state index in [2.05, 4.69) is 15.5 Å². The predicted octanol–water partition coefficient (Wildman–Crippen LogP) is 3.24. The molecule has 28 heavy (non-hydrogen) atoms. The molecule has 0 bridgehead atoms. The Morgan fingerprint density at radius 1 is 1.11 bits per heavy atom. The van der Waals surface area contributed by atoms with Gasteiger partial charge in [0.2, 0.25) is 0 Å². The van der Waals surface area contributed by atoms with Crippen molar-refractivity contribution >= 4 is 29.0 Å². The Hall–Kier alpha value is -3.74. The van der Waals surface area contributed by atoms with Gasteiger partial charge in [-0.3, -0.25) is 14.6 Å². The summed E-state index contributed by atoms with van der Waals surface area (Å²) in [4.78, 5) is 28.1. The SMILES string of the molecule is COc1cc(/C=N\NC(=O)c2cc(C)nc3ccccc23)ccc1OC(C)=O. The van der Waals surface area contributed by atoms with Gasteiger partial charge in [0.1, 0.15) is 0 Å². The smallest absolute Gasteiger partial charge is 0.308 e. The number of fused-ring (bicyclic) bond motifs is 1. The highest BCUT2D eigenvalue weighted by atomic mass is 16.6. The summed E-state index contributed by atoms with van der Waals surface area (Å²) in [6, 6.07) is 14.1. The van der Waals surface area contributed by atoms with Gasteiger partial charge in [-0.15, -0.1) is 0 Å². The number of pyridine rings is 1. The van der Waals surface area contributed by atoms with Gasteiger partial charge < -0.3 is 9.47 Å². The van der Waals surface area contributed by atoms with E-state index in [1.54, 1.807) is 24.3 Å². The number of hydrogen-bond donors (Lipinski definition) is 1. The number of aryl methyl sites for hydroxylation is 1. The summed E-state index contributed by atoms with van der Waals surface area (Å²) in [7, 11) is 1.47. The summed E-state index contributed by atoms with van der Waals surface area (Å²) in [5, 5.41) is 4.77. The van der Waals surface area contributed by atoms with Gasteiger partial charge in [-0.1, -0.05) is 18.2 Å². The van der Waals surface area contributed by atoms with Crippen molar-refractivity contribution in [2.24, 2.45) is 5.10 Å². The molecule has 0 atom stereocenters. The first-order valence-electron chi connectivity index (χ1n) is 8.54. The number of nitrogens with zero attached hydrogens (tertiary/aromatic N) is 2. The van der Waals surface area contributed by atoms with Crippen LogP contribution in [0, 0.1) is 6.92 Å². The summed E-state index contributed by atoms with van der Waals surface area (Å²) in [5.41, 5.74) is 5.20. The molecule has 1 N–H and O–H groups in total. The van der Waals surface area contributed by atoms with Crippen LogP contribution in [0.4, 0.5) is 0 Å². The second-order valence-corrected chi connectivity index (χ2v) is 6.03. The van der Waals surface area contributed by atoms with Gasteiger partial charge in [0, 0.05) is 18.0 Å². The summed E-state index contributed by atoms with van der Waals surface area (Å²) in [6.45, 7) is 3.15. The topological polar surface area (TPSA) is 89.9 Å². The second kappa shape index (κ2) is 8.30. The third-order valence-electron chi connectivity index (χ3n) is 3.91. The number of rotatable bonds is 5. The van der Waals surface area contributed by atoms with Crippen LogP contribution in [0.25, 0.3) is 10.9 Å². The zero-order chi connectivity index (χ0) is 20.1. The fourth-order valence-corrected chi connectivity index (χ4v) is 2.72. The Morgan fingerprint density at radius 2 is 1.89 bits per heavy atom. The Bertz CT molecular complexity index is 1080. The molecule has 142 valence electrons. The first-order chi connectivity index (χ1) is 13.5. The van der Waals surface area contributed by atoms with Crippen molar-refractivity contribution in [1.29, 1.82) is 0 Å².